The minimum absolute atomic E-state index is 0. The fraction of sp³-hybridized carbons (Fsp3) is 0.295. The predicted octanol–water partition coefficient (Wildman–Crippen LogP) is 10.0. The number of pyridine rings is 2. The molecule has 51 heavy (non-hydrogen) atoms. The smallest absolute Gasteiger partial charge is 0.268 e. The van der Waals surface area contributed by atoms with Crippen molar-refractivity contribution in [2.24, 2.45) is 5.41 Å². The molecule has 0 radical (unpaired) electrons. The normalized spacial score (nSPS) is 13.2. The first-order valence-electron chi connectivity index (χ1n) is 18.1. The van der Waals surface area contributed by atoms with Crippen molar-refractivity contribution in [2.45, 2.75) is 79.5 Å². The molecule has 0 spiro atoms. The third-order valence-electron chi connectivity index (χ3n) is 8.66. The second-order valence-electron chi connectivity index (χ2n) is 16.0. The Bertz CT molecular complexity index is 2410. The molecular weight excluding hydrogens is 810 g/mol. The summed E-state index contributed by atoms with van der Waals surface area (Å²) in [6, 6.07) is 31.0. The van der Waals surface area contributed by atoms with Crippen molar-refractivity contribution in [1.82, 2.24) is 19.1 Å². The van der Waals surface area contributed by atoms with Crippen LogP contribution in [0.3, 0.4) is 0 Å². The monoisotopic (exact) mass is 856 g/mol. The van der Waals surface area contributed by atoms with Crippen LogP contribution in [0.15, 0.2) is 97.6 Å². The van der Waals surface area contributed by atoms with Crippen molar-refractivity contribution < 1.29 is 33.1 Å². The summed E-state index contributed by atoms with van der Waals surface area (Å²) in [7, 11) is 0. The minimum Gasteiger partial charge on any atom is -0.522 e. The van der Waals surface area contributed by atoms with Crippen LogP contribution in [0.25, 0.3) is 39.1 Å². The number of fused-ring (bicyclic) bond motifs is 3. The molecule has 7 rings (SSSR count). The largest absolute Gasteiger partial charge is 0.522 e. The molecule has 0 saturated carbocycles. The van der Waals surface area contributed by atoms with E-state index in [0.717, 1.165) is 27.5 Å². The molecule has 0 bridgehead atoms. The van der Waals surface area contributed by atoms with Gasteiger partial charge >= 0.3 is 0 Å². The van der Waals surface area contributed by atoms with Crippen molar-refractivity contribution in [1.29, 1.82) is 0 Å². The summed E-state index contributed by atoms with van der Waals surface area (Å²) in [6.45, 7) is 19.1. The van der Waals surface area contributed by atoms with Crippen molar-refractivity contribution in [3.05, 3.63) is 133 Å². The number of imidazole rings is 1. The van der Waals surface area contributed by atoms with E-state index in [0.29, 0.717) is 28.7 Å². The summed E-state index contributed by atoms with van der Waals surface area (Å²) >= 11 is 0. The first-order chi connectivity index (χ1) is 24.4. The molecule has 4 aromatic heterocycles. The number of aromatic nitrogens is 5. The molecule has 6 nitrogen and oxygen atoms in total. The number of hydrogen-bond acceptors (Lipinski definition) is 3. The van der Waals surface area contributed by atoms with Gasteiger partial charge in [0.15, 0.2) is 0 Å². The Hall–Kier alpha value is -4.54. The summed E-state index contributed by atoms with van der Waals surface area (Å²) in [4.78, 5) is 9.29. The Morgan fingerprint density at radius 3 is 2.16 bits per heavy atom. The fourth-order valence-electron chi connectivity index (χ4n) is 6.08. The number of para-hydroxylation sites is 1. The molecule has 3 aromatic carbocycles. The Morgan fingerprint density at radius 1 is 0.765 bits per heavy atom. The second kappa shape index (κ2) is 13.5. The van der Waals surface area contributed by atoms with Gasteiger partial charge in [-0.25, -0.2) is 4.98 Å². The van der Waals surface area contributed by atoms with Crippen LogP contribution in [0.4, 0.5) is 0 Å². The zero-order valence-corrected chi connectivity index (χ0v) is 33.0. The summed E-state index contributed by atoms with van der Waals surface area (Å²) in [6.07, 6.45) is 9.13. The molecule has 7 aromatic rings. The van der Waals surface area contributed by atoms with Gasteiger partial charge in [-0.3, -0.25) is 14.1 Å². The van der Waals surface area contributed by atoms with Crippen molar-refractivity contribution in [3.63, 3.8) is 0 Å². The summed E-state index contributed by atoms with van der Waals surface area (Å²) in [5, 5.41) is 2.04. The van der Waals surface area contributed by atoms with E-state index >= 15 is 0 Å². The summed E-state index contributed by atoms with van der Waals surface area (Å²) < 4.78 is 30.0. The van der Waals surface area contributed by atoms with E-state index in [-0.39, 0.29) is 31.9 Å². The molecule has 0 aliphatic rings. The summed E-state index contributed by atoms with van der Waals surface area (Å²) in [5.74, 6) is 2.15. The Labute approximate surface area is 319 Å². The SMILES string of the molecule is [2H]C([2H])(c1ccnc(-n2c3[c-]c(Oc4[c-]c(-n5[c-][n+](-c6cc(C(C)(C)C)cc(C(C)(C)C)c6)cc5)ncc4)ccc3c3ccccc32)c1)C(C)(C)C.[Pt]. The van der Waals surface area contributed by atoms with Gasteiger partial charge in [0.25, 0.3) is 6.33 Å². The molecule has 7 heteroatoms. The maximum atomic E-state index is 8.90. The van der Waals surface area contributed by atoms with E-state index in [1.54, 1.807) is 24.5 Å². The molecule has 4 heterocycles. The van der Waals surface area contributed by atoms with Crippen LogP contribution in [0, 0.1) is 23.9 Å². The van der Waals surface area contributed by atoms with E-state index in [2.05, 4.69) is 89.3 Å². The van der Waals surface area contributed by atoms with E-state index in [1.165, 1.54) is 11.1 Å². The fourth-order valence-corrected chi connectivity index (χ4v) is 6.08. The van der Waals surface area contributed by atoms with Gasteiger partial charge in [0.05, 0.1) is 11.5 Å². The number of nitrogens with zero attached hydrogens (tertiary/aromatic N) is 5. The summed E-state index contributed by atoms with van der Waals surface area (Å²) in [5.41, 5.74) is 5.26. The Kier molecular flexibility index (Phi) is 8.92. The molecular formula is C44H45N5OPt-2. The molecule has 0 fully saturated rings. The first kappa shape index (κ1) is 33.6. The Balaban J connectivity index is 0.00000481. The van der Waals surface area contributed by atoms with Gasteiger partial charge in [-0.15, -0.1) is 17.5 Å². The van der Waals surface area contributed by atoms with Gasteiger partial charge in [-0.1, -0.05) is 98.3 Å². The molecule has 0 N–H and O–H groups in total. The maximum Gasteiger partial charge on any atom is 0.268 e. The second-order valence-corrected chi connectivity index (χ2v) is 16.0. The van der Waals surface area contributed by atoms with E-state index in [1.807, 2.05) is 83.3 Å². The number of rotatable bonds is 6. The topological polar surface area (TPSA) is 48.8 Å². The molecule has 0 amide bonds. The molecule has 0 aliphatic heterocycles. The van der Waals surface area contributed by atoms with Crippen LogP contribution < -0.4 is 9.30 Å². The van der Waals surface area contributed by atoms with Gasteiger partial charge in [-0.2, -0.15) is 18.2 Å². The van der Waals surface area contributed by atoms with E-state index in [9.17, 15) is 0 Å². The van der Waals surface area contributed by atoms with Gasteiger partial charge in [0.2, 0.25) is 0 Å². The van der Waals surface area contributed by atoms with Gasteiger partial charge in [0.1, 0.15) is 5.82 Å². The Morgan fingerprint density at radius 2 is 1.45 bits per heavy atom. The van der Waals surface area contributed by atoms with Gasteiger partial charge in [0, 0.05) is 53.7 Å². The average molecular weight is 857 g/mol. The third kappa shape index (κ3) is 7.72. The zero-order valence-electron chi connectivity index (χ0n) is 32.7. The van der Waals surface area contributed by atoms with E-state index in [4.69, 9.17) is 12.5 Å². The molecule has 0 aliphatic carbocycles. The zero-order chi connectivity index (χ0) is 37.2. The van der Waals surface area contributed by atoms with Crippen LogP contribution in [-0.4, -0.2) is 19.1 Å². The number of hydrogen-bond donors (Lipinski definition) is 0. The van der Waals surface area contributed by atoms with E-state index < -0.39 is 11.8 Å². The average Bonchev–Trinajstić information content (AvgIpc) is 3.71. The van der Waals surface area contributed by atoms with Crippen LogP contribution in [0.2, 0.25) is 0 Å². The number of ether oxygens (including phenoxy) is 1. The van der Waals surface area contributed by atoms with Gasteiger partial charge < -0.3 is 9.30 Å². The quantitative estimate of drug-likeness (QED) is 0.124. The van der Waals surface area contributed by atoms with Gasteiger partial charge in [-0.05, 0) is 80.8 Å². The van der Waals surface area contributed by atoms with Crippen LogP contribution in [0.1, 0.15) is 81.7 Å². The first-order valence-corrected chi connectivity index (χ1v) is 17.1. The maximum absolute atomic E-state index is 8.90. The van der Waals surface area contributed by atoms with Crippen molar-refractivity contribution >= 4 is 21.8 Å². The molecule has 264 valence electrons. The van der Waals surface area contributed by atoms with Crippen LogP contribution in [0.5, 0.6) is 11.5 Å². The van der Waals surface area contributed by atoms with Crippen molar-refractivity contribution in [3.8, 4) is 28.8 Å². The third-order valence-corrected chi connectivity index (χ3v) is 8.66. The van der Waals surface area contributed by atoms with Crippen LogP contribution >= 0.6 is 0 Å². The minimum atomic E-state index is -1.57. The van der Waals surface area contributed by atoms with Crippen molar-refractivity contribution in [2.75, 3.05) is 0 Å². The van der Waals surface area contributed by atoms with Crippen LogP contribution in [-0.2, 0) is 38.3 Å². The molecule has 0 saturated heterocycles. The molecule has 0 atom stereocenters. The molecule has 0 unspecified atom stereocenters. The number of benzene rings is 3. The standard InChI is InChI=1S/C44H45N5O.Pt/c1-42(2,3)28-30-16-18-46-41(22-30)49-38-13-11-10-12-36(38)37-15-14-34(26-39(37)49)50-35-17-19-45-40(27-35)48-21-20-47(29-48)33-24-31(43(4,5)6)23-32(25-33)44(7,8)9;/h10-25H,28H2,1-9H3;/q-2;/i28D2;. The predicted molar refractivity (Wildman–Crippen MR) is 201 cm³/mol.